The quantitative estimate of drug-likeness (QED) is 0.538. The van der Waals surface area contributed by atoms with Crippen LogP contribution in [0.15, 0.2) is 77.4 Å². The maximum Gasteiger partial charge on any atom is 0.287 e. The van der Waals surface area contributed by atoms with E-state index in [0.29, 0.717) is 30.8 Å². The minimum Gasteiger partial charge on any atom is -0.459 e. The third kappa shape index (κ3) is 5.85. The van der Waals surface area contributed by atoms with Crippen molar-refractivity contribution in [2.24, 2.45) is 0 Å². The van der Waals surface area contributed by atoms with Crippen LogP contribution in [0.5, 0.6) is 0 Å². The van der Waals surface area contributed by atoms with Crippen LogP contribution in [-0.4, -0.2) is 41.8 Å². The lowest BCUT2D eigenvalue weighted by atomic mass is 10.0. The fourth-order valence-corrected chi connectivity index (χ4v) is 3.35. The van der Waals surface area contributed by atoms with E-state index in [-0.39, 0.29) is 17.6 Å². The van der Waals surface area contributed by atoms with Gasteiger partial charge in [0.15, 0.2) is 5.76 Å². The van der Waals surface area contributed by atoms with E-state index >= 15 is 0 Å². The number of hydrogen-bond acceptors (Lipinski definition) is 4. The number of anilines is 1. The lowest BCUT2D eigenvalue weighted by Gasteiger charge is -2.20. The first-order valence-corrected chi connectivity index (χ1v) is 10.6. The van der Waals surface area contributed by atoms with E-state index in [1.807, 2.05) is 44.2 Å². The molecule has 0 unspecified atom stereocenters. The molecule has 32 heavy (non-hydrogen) atoms. The first-order chi connectivity index (χ1) is 15.5. The Kier molecular flexibility index (Phi) is 7.80. The summed E-state index contributed by atoms with van der Waals surface area (Å²) in [5.74, 6) is -0.835. The molecule has 2 N–H and O–H groups in total. The maximum absolute atomic E-state index is 13.1. The van der Waals surface area contributed by atoms with Gasteiger partial charge in [0.05, 0.1) is 6.26 Å². The molecule has 0 spiro atoms. The number of carbonyl (C=O) groups is 3. The number of nitrogens with zero attached hydrogens (tertiary/aromatic N) is 1. The molecule has 0 aliphatic rings. The van der Waals surface area contributed by atoms with Crippen molar-refractivity contribution in [3.05, 3.63) is 89.9 Å². The standard InChI is InChI=1S/C25H27N3O4/c1-3-28(4-2)25(31)19-12-8-13-20(17-19)26-23(29)21(16-18-10-6-5-7-11-18)27-24(30)22-14-9-15-32-22/h5-15,17,21H,3-4,16H2,1-2H3,(H,26,29)(H,27,30)/t21-/m0/s1. The predicted molar refractivity (Wildman–Crippen MR) is 122 cm³/mol. The Morgan fingerprint density at radius 1 is 0.938 bits per heavy atom. The summed E-state index contributed by atoms with van der Waals surface area (Å²) in [6.45, 7) is 5.04. The summed E-state index contributed by atoms with van der Waals surface area (Å²) >= 11 is 0. The molecule has 7 nitrogen and oxygen atoms in total. The third-order valence-electron chi connectivity index (χ3n) is 5.08. The van der Waals surface area contributed by atoms with E-state index in [9.17, 15) is 14.4 Å². The molecule has 0 fully saturated rings. The SMILES string of the molecule is CCN(CC)C(=O)c1cccc(NC(=O)[C@H](Cc2ccccc2)NC(=O)c2ccco2)c1. The van der Waals surface area contributed by atoms with Crippen molar-refractivity contribution >= 4 is 23.4 Å². The van der Waals surface area contributed by atoms with Crippen LogP contribution in [0.3, 0.4) is 0 Å². The van der Waals surface area contributed by atoms with Gasteiger partial charge in [0.25, 0.3) is 11.8 Å². The predicted octanol–water partition coefficient (Wildman–Crippen LogP) is 3.74. The van der Waals surface area contributed by atoms with Gasteiger partial charge in [-0.05, 0) is 49.7 Å². The highest BCUT2D eigenvalue weighted by Crippen LogP contribution is 2.15. The van der Waals surface area contributed by atoms with Crippen molar-refractivity contribution in [3.8, 4) is 0 Å². The highest BCUT2D eigenvalue weighted by atomic mass is 16.3. The normalized spacial score (nSPS) is 11.4. The van der Waals surface area contributed by atoms with E-state index in [0.717, 1.165) is 5.56 Å². The van der Waals surface area contributed by atoms with E-state index in [1.54, 1.807) is 35.2 Å². The van der Waals surface area contributed by atoms with E-state index < -0.39 is 11.9 Å². The molecule has 0 bridgehead atoms. The smallest absolute Gasteiger partial charge is 0.287 e. The van der Waals surface area contributed by atoms with Crippen LogP contribution in [0.4, 0.5) is 5.69 Å². The van der Waals surface area contributed by atoms with Crippen molar-refractivity contribution in [2.45, 2.75) is 26.3 Å². The molecule has 1 heterocycles. The lowest BCUT2D eigenvalue weighted by molar-refractivity contribution is -0.118. The molecule has 7 heteroatoms. The molecule has 0 saturated carbocycles. The summed E-state index contributed by atoms with van der Waals surface area (Å²) < 4.78 is 5.14. The van der Waals surface area contributed by atoms with Gasteiger partial charge in [0.1, 0.15) is 6.04 Å². The second-order valence-electron chi connectivity index (χ2n) is 7.24. The van der Waals surface area contributed by atoms with Crippen LogP contribution in [-0.2, 0) is 11.2 Å². The number of rotatable bonds is 9. The molecule has 2 aromatic carbocycles. The number of furan rings is 1. The van der Waals surface area contributed by atoms with Gasteiger partial charge in [0, 0.05) is 30.8 Å². The van der Waals surface area contributed by atoms with Crippen molar-refractivity contribution in [1.82, 2.24) is 10.2 Å². The average Bonchev–Trinajstić information content (AvgIpc) is 3.35. The van der Waals surface area contributed by atoms with Gasteiger partial charge in [-0.15, -0.1) is 0 Å². The summed E-state index contributed by atoms with van der Waals surface area (Å²) in [6.07, 6.45) is 1.71. The second-order valence-corrected chi connectivity index (χ2v) is 7.24. The van der Waals surface area contributed by atoms with Gasteiger partial charge in [-0.25, -0.2) is 0 Å². The molecule has 0 radical (unpaired) electrons. The Labute approximate surface area is 187 Å². The molecule has 0 aliphatic heterocycles. The molecule has 166 valence electrons. The van der Waals surface area contributed by atoms with E-state index in [1.165, 1.54) is 12.3 Å². The van der Waals surface area contributed by atoms with Crippen LogP contribution >= 0.6 is 0 Å². The van der Waals surface area contributed by atoms with E-state index in [4.69, 9.17) is 4.42 Å². The number of benzene rings is 2. The lowest BCUT2D eigenvalue weighted by Crippen LogP contribution is -2.45. The van der Waals surface area contributed by atoms with Gasteiger partial charge in [0.2, 0.25) is 5.91 Å². The summed E-state index contributed by atoms with van der Waals surface area (Å²) in [4.78, 5) is 40.0. The number of amides is 3. The Bertz CT molecular complexity index is 1040. The molecule has 3 aromatic rings. The molecule has 3 rings (SSSR count). The fourth-order valence-electron chi connectivity index (χ4n) is 3.35. The van der Waals surface area contributed by atoms with Crippen LogP contribution in [0.25, 0.3) is 0 Å². The molecule has 0 aliphatic carbocycles. The first kappa shape index (κ1) is 22.8. The second kappa shape index (κ2) is 10.9. The first-order valence-electron chi connectivity index (χ1n) is 10.6. The number of hydrogen-bond donors (Lipinski definition) is 2. The largest absolute Gasteiger partial charge is 0.459 e. The topological polar surface area (TPSA) is 91.7 Å². The van der Waals surface area contributed by atoms with Crippen LogP contribution in [0, 0.1) is 0 Å². The average molecular weight is 434 g/mol. The van der Waals surface area contributed by atoms with Crippen molar-refractivity contribution in [3.63, 3.8) is 0 Å². The van der Waals surface area contributed by atoms with Gasteiger partial charge in [-0.3, -0.25) is 14.4 Å². The number of nitrogens with one attached hydrogen (secondary N) is 2. The maximum atomic E-state index is 13.1. The van der Waals surface area contributed by atoms with Gasteiger partial charge < -0.3 is 20.0 Å². The summed E-state index contributed by atoms with van der Waals surface area (Å²) in [5, 5.41) is 5.57. The minimum absolute atomic E-state index is 0.0990. The zero-order valence-corrected chi connectivity index (χ0v) is 18.2. The zero-order valence-electron chi connectivity index (χ0n) is 18.2. The molecular weight excluding hydrogens is 406 g/mol. The monoisotopic (exact) mass is 433 g/mol. The van der Waals surface area contributed by atoms with Crippen molar-refractivity contribution in [1.29, 1.82) is 0 Å². The van der Waals surface area contributed by atoms with Crippen LogP contribution in [0.2, 0.25) is 0 Å². The Morgan fingerprint density at radius 3 is 2.34 bits per heavy atom. The fraction of sp³-hybridized carbons (Fsp3) is 0.240. The highest BCUT2D eigenvalue weighted by molar-refractivity contribution is 6.01. The summed E-state index contributed by atoms with van der Waals surface area (Å²) in [7, 11) is 0. The highest BCUT2D eigenvalue weighted by Gasteiger charge is 2.23. The third-order valence-corrected chi connectivity index (χ3v) is 5.08. The Hall–Kier alpha value is -3.87. The Morgan fingerprint density at radius 2 is 1.69 bits per heavy atom. The minimum atomic E-state index is -0.836. The van der Waals surface area contributed by atoms with Gasteiger partial charge in [-0.2, -0.15) is 0 Å². The molecular formula is C25H27N3O4. The van der Waals surface area contributed by atoms with E-state index in [2.05, 4.69) is 10.6 Å². The van der Waals surface area contributed by atoms with Gasteiger partial charge in [-0.1, -0.05) is 36.4 Å². The summed E-state index contributed by atoms with van der Waals surface area (Å²) in [5.41, 5.74) is 1.88. The zero-order chi connectivity index (χ0) is 22.9. The van der Waals surface area contributed by atoms with Gasteiger partial charge >= 0.3 is 0 Å². The van der Waals surface area contributed by atoms with Crippen molar-refractivity contribution < 1.29 is 18.8 Å². The summed E-state index contributed by atoms with van der Waals surface area (Å²) in [6, 6.07) is 18.5. The molecule has 0 saturated heterocycles. The van der Waals surface area contributed by atoms with Crippen LogP contribution < -0.4 is 10.6 Å². The Balaban J connectivity index is 1.78. The molecule has 3 amide bonds. The molecule has 1 atom stereocenters. The van der Waals surface area contributed by atoms with Crippen LogP contribution in [0.1, 0.15) is 40.3 Å². The van der Waals surface area contributed by atoms with Crippen molar-refractivity contribution in [2.75, 3.05) is 18.4 Å². The molecule has 1 aromatic heterocycles. The number of carbonyl (C=O) groups excluding carboxylic acids is 3.